The van der Waals surface area contributed by atoms with Crippen molar-refractivity contribution in [2.24, 2.45) is 5.41 Å². The van der Waals surface area contributed by atoms with Gasteiger partial charge in [-0.3, -0.25) is 0 Å². The van der Waals surface area contributed by atoms with Crippen LogP contribution in [-0.4, -0.2) is 42.8 Å². The zero-order chi connectivity index (χ0) is 16.1. The van der Waals surface area contributed by atoms with Gasteiger partial charge >= 0.3 is 0 Å². The van der Waals surface area contributed by atoms with Crippen LogP contribution < -0.4 is 5.32 Å². The molecule has 3 heteroatoms. The van der Waals surface area contributed by atoms with Crippen LogP contribution in [0, 0.1) is 5.41 Å². The summed E-state index contributed by atoms with van der Waals surface area (Å²) in [4.78, 5) is 2.34. The first-order valence-electron chi connectivity index (χ1n) is 7.88. The molecule has 0 spiro atoms. The van der Waals surface area contributed by atoms with Crippen LogP contribution in [0.5, 0.6) is 0 Å². The van der Waals surface area contributed by atoms with E-state index < -0.39 is 5.54 Å². The quantitative estimate of drug-likeness (QED) is 0.811. The summed E-state index contributed by atoms with van der Waals surface area (Å²) in [6.07, 6.45) is 0. The molecule has 0 aliphatic carbocycles. The number of likely N-dealkylation sites (N-methyl/N-ethyl adjacent to an activating group) is 2. The van der Waals surface area contributed by atoms with E-state index in [1.54, 1.807) is 0 Å². The zero-order valence-electron chi connectivity index (χ0n) is 14.5. The number of rotatable bonds is 7. The van der Waals surface area contributed by atoms with E-state index in [0.717, 1.165) is 18.7 Å². The lowest BCUT2D eigenvalue weighted by Gasteiger charge is -2.42. The second-order valence-corrected chi connectivity index (χ2v) is 7.09. The summed E-state index contributed by atoms with van der Waals surface area (Å²) < 4.78 is 0. The molecule has 0 radical (unpaired) electrons. The van der Waals surface area contributed by atoms with E-state index in [0.29, 0.717) is 6.04 Å². The average molecular weight is 292 g/mol. The lowest BCUT2D eigenvalue weighted by molar-refractivity contribution is 0.0691. The molecule has 3 nitrogen and oxygen atoms in total. The fraction of sp³-hybridized carbons (Fsp3) is 0.667. The van der Waals surface area contributed by atoms with Crippen molar-refractivity contribution in [3.63, 3.8) is 0 Å². The average Bonchev–Trinajstić information content (AvgIpc) is 2.45. The van der Waals surface area contributed by atoms with Gasteiger partial charge < -0.3 is 15.3 Å². The van der Waals surface area contributed by atoms with Crippen molar-refractivity contribution in [2.75, 3.05) is 26.7 Å². The predicted octanol–water partition coefficient (Wildman–Crippen LogP) is 2.85. The van der Waals surface area contributed by atoms with Crippen molar-refractivity contribution in [3.8, 4) is 0 Å². The second-order valence-electron chi connectivity index (χ2n) is 7.09. The first kappa shape index (κ1) is 18.1. The number of nitrogens with zero attached hydrogens (tertiary/aromatic N) is 1. The smallest absolute Gasteiger partial charge is 0.0797 e. The van der Waals surface area contributed by atoms with E-state index >= 15 is 0 Å². The van der Waals surface area contributed by atoms with Crippen LogP contribution in [0.4, 0.5) is 0 Å². The van der Waals surface area contributed by atoms with Gasteiger partial charge in [0.05, 0.1) is 12.1 Å². The highest BCUT2D eigenvalue weighted by Gasteiger charge is 2.35. The third kappa shape index (κ3) is 4.53. The Hall–Kier alpha value is -0.900. The summed E-state index contributed by atoms with van der Waals surface area (Å²) >= 11 is 0. The van der Waals surface area contributed by atoms with Gasteiger partial charge in [-0.1, -0.05) is 58.0 Å². The zero-order valence-corrected chi connectivity index (χ0v) is 14.5. The minimum Gasteiger partial charge on any atom is -0.394 e. The van der Waals surface area contributed by atoms with Crippen LogP contribution in [0.15, 0.2) is 30.3 Å². The van der Waals surface area contributed by atoms with Crippen molar-refractivity contribution in [1.82, 2.24) is 10.2 Å². The van der Waals surface area contributed by atoms with Crippen LogP contribution in [0.1, 0.15) is 40.2 Å². The van der Waals surface area contributed by atoms with E-state index in [2.05, 4.69) is 64.0 Å². The summed E-state index contributed by atoms with van der Waals surface area (Å²) in [5, 5.41) is 13.6. The van der Waals surface area contributed by atoms with Gasteiger partial charge in [0.15, 0.2) is 0 Å². The topological polar surface area (TPSA) is 35.5 Å². The van der Waals surface area contributed by atoms with Crippen LogP contribution in [0.25, 0.3) is 0 Å². The van der Waals surface area contributed by atoms with Gasteiger partial charge in [0.2, 0.25) is 0 Å². The first-order valence-corrected chi connectivity index (χ1v) is 7.88. The molecule has 0 bridgehead atoms. The molecule has 2 atom stereocenters. The Morgan fingerprint density at radius 1 is 1.19 bits per heavy atom. The van der Waals surface area contributed by atoms with Gasteiger partial charge in [-0.15, -0.1) is 0 Å². The number of benzene rings is 1. The monoisotopic (exact) mass is 292 g/mol. The summed E-state index contributed by atoms with van der Waals surface area (Å²) in [5.74, 6) is 0. The normalized spacial score (nSPS) is 16.8. The second kappa shape index (κ2) is 7.39. The molecule has 0 amide bonds. The van der Waals surface area contributed by atoms with Crippen molar-refractivity contribution in [1.29, 1.82) is 0 Å². The van der Waals surface area contributed by atoms with E-state index in [1.807, 2.05) is 18.2 Å². The molecule has 120 valence electrons. The van der Waals surface area contributed by atoms with Crippen molar-refractivity contribution in [3.05, 3.63) is 35.9 Å². The van der Waals surface area contributed by atoms with Gasteiger partial charge in [-0.25, -0.2) is 0 Å². The predicted molar refractivity (Wildman–Crippen MR) is 90.4 cm³/mol. The van der Waals surface area contributed by atoms with E-state index in [9.17, 15) is 5.11 Å². The van der Waals surface area contributed by atoms with Crippen LogP contribution >= 0.6 is 0 Å². The lowest BCUT2D eigenvalue weighted by Crippen LogP contribution is -2.55. The molecule has 0 heterocycles. The Bertz CT molecular complexity index is 413. The fourth-order valence-electron chi connectivity index (χ4n) is 2.77. The molecule has 1 rings (SSSR count). The van der Waals surface area contributed by atoms with Crippen LogP contribution in [-0.2, 0) is 5.54 Å². The summed E-state index contributed by atoms with van der Waals surface area (Å²) in [6, 6.07) is 10.7. The van der Waals surface area contributed by atoms with Gasteiger partial charge in [-0.05, 0) is 31.5 Å². The number of aliphatic hydroxyl groups excluding tert-OH is 1. The highest BCUT2D eigenvalue weighted by Crippen LogP contribution is 2.27. The standard InChI is InChI=1S/C18H32N2O/c1-7-19-18(14-21,16-11-9-8-10-12-16)13-20(6)15(2)17(3,4)5/h8-12,15,19,21H,7,13-14H2,1-6H3. The number of hydrogen-bond acceptors (Lipinski definition) is 3. The van der Waals surface area contributed by atoms with Crippen molar-refractivity contribution in [2.45, 2.75) is 46.2 Å². The Morgan fingerprint density at radius 3 is 2.19 bits per heavy atom. The maximum absolute atomic E-state index is 10.1. The van der Waals surface area contributed by atoms with E-state index in [4.69, 9.17) is 0 Å². The molecule has 21 heavy (non-hydrogen) atoms. The minimum atomic E-state index is -0.412. The SMILES string of the molecule is CCNC(CO)(CN(C)C(C)C(C)(C)C)c1ccccc1. The van der Waals surface area contributed by atoms with Gasteiger partial charge in [0, 0.05) is 12.6 Å². The van der Waals surface area contributed by atoms with Gasteiger partial charge in [0.25, 0.3) is 0 Å². The minimum absolute atomic E-state index is 0.0893. The first-order chi connectivity index (χ1) is 9.77. The van der Waals surface area contributed by atoms with E-state index in [1.165, 1.54) is 0 Å². The molecule has 0 aliphatic heterocycles. The van der Waals surface area contributed by atoms with Crippen molar-refractivity contribution < 1.29 is 5.11 Å². The maximum Gasteiger partial charge on any atom is 0.0797 e. The molecule has 0 fully saturated rings. The number of nitrogens with one attached hydrogen (secondary N) is 1. The summed E-state index contributed by atoms with van der Waals surface area (Å²) in [6.45, 7) is 12.8. The third-order valence-electron chi connectivity index (χ3n) is 4.55. The molecule has 0 saturated carbocycles. The molecule has 0 saturated heterocycles. The number of aliphatic hydroxyl groups is 1. The Balaban J connectivity index is 3.04. The molecule has 1 aromatic rings. The molecule has 0 aliphatic rings. The Kier molecular flexibility index (Phi) is 6.39. The summed E-state index contributed by atoms with van der Waals surface area (Å²) in [7, 11) is 2.14. The van der Waals surface area contributed by atoms with E-state index in [-0.39, 0.29) is 12.0 Å². The maximum atomic E-state index is 10.1. The number of hydrogen-bond donors (Lipinski definition) is 2. The fourth-order valence-corrected chi connectivity index (χ4v) is 2.77. The summed E-state index contributed by atoms with van der Waals surface area (Å²) in [5.41, 5.74) is 0.936. The molecular weight excluding hydrogens is 260 g/mol. The third-order valence-corrected chi connectivity index (χ3v) is 4.55. The molecule has 2 N–H and O–H groups in total. The van der Waals surface area contributed by atoms with Gasteiger partial charge in [-0.2, -0.15) is 0 Å². The van der Waals surface area contributed by atoms with Crippen LogP contribution in [0.2, 0.25) is 0 Å². The highest BCUT2D eigenvalue weighted by molar-refractivity contribution is 5.25. The van der Waals surface area contributed by atoms with Crippen LogP contribution in [0.3, 0.4) is 0 Å². The Morgan fingerprint density at radius 2 is 1.76 bits per heavy atom. The molecule has 0 aromatic heterocycles. The molecular formula is C18H32N2O. The van der Waals surface area contributed by atoms with Gasteiger partial charge in [0.1, 0.15) is 0 Å². The Labute approximate surface area is 130 Å². The molecule has 2 unspecified atom stereocenters. The molecule has 1 aromatic carbocycles. The van der Waals surface area contributed by atoms with Crippen molar-refractivity contribution >= 4 is 0 Å². The highest BCUT2D eigenvalue weighted by atomic mass is 16.3. The largest absolute Gasteiger partial charge is 0.394 e. The lowest BCUT2D eigenvalue weighted by atomic mass is 9.84.